The van der Waals surface area contributed by atoms with Crippen LogP contribution in [0.5, 0.6) is 5.75 Å². The fourth-order valence-corrected chi connectivity index (χ4v) is 1.72. The molecule has 100 valence electrons. The van der Waals surface area contributed by atoms with Crippen LogP contribution in [0.1, 0.15) is 27.2 Å². The normalized spacial score (nSPS) is 12.0. The van der Waals surface area contributed by atoms with Crippen LogP contribution in [-0.2, 0) is 4.74 Å². The molecule has 0 saturated heterocycles. The quantitative estimate of drug-likeness (QED) is 0.409. The number of benzene rings is 1. The smallest absolute Gasteiger partial charge is 0.189 e. The Morgan fingerprint density at radius 2 is 1.89 bits per heavy atom. The molecule has 0 spiro atoms. The molecule has 0 N–H and O–H groups in total. The lowest BCUT2D eigenvalue weighted by Gasteiger charge is -2.22. The summed E-state index contributed by atoms with van der Waals surface area (Å²) in [5.74, 6) is 0.824. The van der Waals surface area contributed by atoms with Crippen LogP contribution >= 0.6 is 15.9 Å². The van der Waals surface area contributed by atoms with Crippen molar-refractivity contribution >= 4 is 15.9 Å². The number of ether oxygens (including phenoxy) is 2. The minimum atomic E-state index is 0.148. The van der Waals surface area contributed by atoms with Gasteiger partial charge in [-0.25, -0.2) is 0 Å². The molecule has 0 atom stereocenters. The summed E-state index contributed by atoms with van der Waals surface area (Å²) in [7, 11) is 0. The third kappa shape index (κ3) is 6.22. The molecule has 0 saturated carbocycles. The Morgan fingerprint density at radius 1 is 1.22 bits per heavy atom. The van der Waals surface area contributed by atoms with Crippen LogP contribution in [0.2, 0.25) is 0 Å². The van der Waals surface area contributed by atoms with E-state index in [1.54, 1.807) is 0 Å². The fraction of sp³-hybridized carbons (Fsp3) is 0.467. The lowest BCUT2D eigenvalue weighted by molar-refractivity contribution is -0.0213. The predicted octanol–water partition coefficient (Wildman–Crippen LogP) is 4.79. The van der Waals surface area contributed by atoms with Crippen molar-refractivity contribution in [1.82, 2.24) is 0 Å². The van der Waals surface area contributed by atoms with Crippen molar-refractivity contribution in [2.45, 2.75) is 27.2 Å². The highest BCUT2D eigenvalue weighted by Crippen LogP contribution is 2.21. The van der Waals surface area contributed by atoms with Gasteiger partial charge in [0.25, 0.3) is 0 Å². The Hall–Kier alpha value is -0.800. The maximum absolute atomic E-state index is 5.56. The van der Waals surface area contributed by atoms with E-state index in [4.69, 9.17) is 9.47 Å². The molecule has 2 nitrogen and oxygen atoms in total. The first-order valence-electron chi connectivity index (χ1n) is 6.11. The van der Waals surface area contributed by atoms with Gasteiger partial charge < -0.3 is 9.47 Å². The number of rotatable bonds is 7. The summed E-state index contributed by atoms with van der Waals surface area (Å²) in [6, 6.07) is 7.73. The SMILES string of the molecule is C/C=C\CC(C)(C)COCOc1ccc(Br)cc1. The Labute approximate surface area is 118 Å². The Morgan fingerprint density at radius 3 is 2.50 bits per heavy atom. The zero-order valence-electron chi connectivity index (χ0n) is 11.3. The summed E-state index contributed by atoms with van der Waals surface area (Å²) < 4.78 is 12.1. The molecule has 0 unspecified atom stereocenters. The van der Waals surface area contributed by atoms with E-state index in [0.717, 1.165) is 16.6 Å². The predicted molar refractivity (Wildman–Crippen MR) is 78.8 cm³/mol. The second-order valence-electron chi connectivity index (χ2n) is 5.00. The van der Waals surface area contributed by atoms with Gasteiger partial charge in [0.1, 0.15) is 5.75 Å². The van der Waals surface area contributed by atoms with Crippen LogP contribution in [0, 0.1) is 5.41 Å². The molecule has 0 bridgehead atoms. The third-order valence-electron chi connectivity index (χ3n) is 2.52. The molecule has 1 aromatic rings. The summed E-state index contributed by atoms with van der Waals surface area (Å²) in [6.07, 6.45) is 5.25. The molecule has 18 heavy (non-hydrogen) atoms. The van der Waals surface area contributed by atoms with E-state index in [1.807, 2.05) is 31.2 Å². The molecule has 0 radical (unpaired) electrons. The van der Waals surface area contributed by atoms with Crippen LogP contribution in [0.3, 0.4) is 0 Å². The number of allylic oxidation sites excluding steroid dienone is 2. The Kier molecular flexibility index (Phi) is 6.44. The minimum absolute atomic E-state index is 0.148. The van der Waals surface area contributed by atoms with Crippen LogP contribution in [0.4, 0.5) is 0 Å². The van der Waals surface area contributed by atoms with E-state index >= 15 is 0 Å². The molecule has 1 rings (SSSR count). The molecule has 0 aliphatic rings. The van der Waals surface area contributed by atoms with Gasteiger partial charge in [-0.05, 0) is 43.0 Å². The molecule has 0 aliphatic carbocycles. The van der Waals surface area contributed by atoms with Gasteiger partial charge in [-0.2, -0.15) is 0 Å². The zero-order valence-corrected chi connectivity index (χ0v) is 12.9. The van der Waals surface area contributed by atoms with E-state index in [2.05, 4.69) is 41.9 Å². The highest BCUT2D eigenvalue weighted by Gasteiger charge is 2.16. The fourth-order valence-electron chi connectivity index (χ4n) is 1.45. The van der Waals surface area contributed by atoms with Crippen molar-refractivity contribution in [3.05, 3.63) is 40.9 Å². The van der Waals surface area contributed by atoms with E-state index < -0.39 is 0 Å². The number of hydrogen-bond acceptors (Lipinski definition) is 2. The van der Waals surface area contributed by atoms with Crippen LogP contribution in [-0.4, -0.2) is 13.4 Å². The third-order valence-corrected chi connectivity index (χ3v) is 3.05. The van der Waals surface area contributed by atoms with Crippen molar-refractivity contribution in [3.63, 3.8) is 0 Å². The van der Waals surface area contributed by atoms with E-state index in [-0.39, 0.29) is 5.41 Å². The largest absolute Gasteiger partial charge is 0.468 e. The van der Waals surface area contributed by atoms with Gasteiger partial charge >= 0.3 is 0 Å². The molecule has 0 aliphatic heterocycles. The molecule has 0 aromatic heterocycles. The monoisotopic (exact) mass is 312 g/mol. The van der Waals surface area contributed by atoms with E-state index in [9.17, 15) is 0 Å². The standard InChI is InChI=1S/C15H21BrO2/c1-4-5-10-15(2,3)11-17-12-18-14-8-6-13(16)7-9-14/h4-9H,10-12H2,1-3H3/b5-4-. The lowest BCUT2D eigenvalue weighted by Crippen LogP contribution is -2.20. The van der Waals surface area contributed by atoms with Gasteiger partial charge in [0.05, 0.1) is 6.61 Å². The first-order valence-corrected chi connectivity index (χ1v) is 6.90. The number of hydrogen-bond donors (Lipinski definition) is 0. The van der Waals surface area contributed by atoms with Crippen molar-refractivity contribution in [2.24, 2.45) is 5.41 Å². The van der Waals surface area contributed by atoms with Crippen molar-refractivity contribution in [3.8, 4) is 5.75 Å². The summed E-state index contributed by atoms with van der Waals surface area (Å²) in [5, 5.41) is 0. The summed E-state index contributed by atoms with van der Waals surface area (Å²) in [5.41, 5.74) is 0.148. The zero-order chi connectivity index (χ0) is 13.4. The van der Waals surface area contributed by atoms with Crippen LogP contribution in [0.15, 0.2) is 40.9 Å². The molecule has 3 heteroatoms. The van der Waals surface area contributed by atoms with Gasteiger partial charge in [0.15, 0.2) is 6.79 Å². The molecular weight excluding hydrogens is 292 g/mol. The van der Waals surface area contributed by atoms with Gasteiger partial charge in [-0.1, -0.05) is 41.9 Å². The second-order valence-corrected chi connectivity index (χ2v) is 5.92. The second kappa shape index (κ2) is 7.59. The lowest BCUT2D eigenvalue weighted by atomic mass is 9.90. The first kappa shape index (κ1) is 15.3. The van der Waals surface area contributed by atoms with Crippen LogP contribution < -0.4 is 4.74 Å². The molecule has 0 amide bonds. The van der Waals surface area contributed by atoms with Gasteiger partial charge in [-0.15, -0.1) is 0 Å². The van der Waals surface area contributed by atoms with Gasteiger partial charge in [-0.3, -0.25) is 0 Å². The van der Waals surface area contributed by atoms with Crippen molar-refractivity contribution in [1.29, 1.82) is 0 Å². The van der Waals surface area contributed by atoms with Crippen molar-refractivity contribution < 1.29 is 9.47 Å². The summed E-state index contributed by atoms with van der Waals surface area (Å²) in [4.78, 5) is 0. The average Bonchev–Trinajstić information content (AvgIpc) is 2.34. The van der Waals surface area contributed by atoms with Gasteiger partial charge in [0.2, 0.25) is 0 Å². The Balaban J connectivity index is 2.24. The average molecular weight is 313 g/mol. The summed E-state index contributed by atoms with van der Waals surface area (Å²) in [6.45, 7) is 7.39. The van der Waals surface area contributed by atoms with E-state index in [0.29, 0.717) is 13.4 Å². The summed E-state index contributed by atoms with van der Waals surface area (Å²) >= 11 is 3.38. The maximum Gasteiger partial charge on any atom is 0.189 e. The minimum Gasteiger partial charge on any atom is -0.468 e. The maximum atomic E-state index is 5.56. The molecule has 0 heterocycles. The molecule has 1 aromatic carbocycles. The Bertz CT molecular complexity index is 369. The highest BCUT2D eigenvalue weighted by molar-refractivity contribution is 9.10. The topological polar surface area (TPSA) is 18.5 Å². The molecule has 0 fully saturated rings. The molecular formula is C15H21BrO2. The van der Waals surface area contributed by atoms with E-state index in [1.165, 1.54) is 0 Å². The number of halogens is 1. The first-order chi connectivity index (χ1) is 8.53. The van der Waals surface area contributed by atoms with Crippen molar-refractivity contribution in [2.75, 3.05) is 13.4 Å². The van der Waals surface area contributed by atoms with Gasteiger partial charge in [0, 0.05) is 4.47 Å². The van der Waals surface area contributed by atoms with Crippen LogP contribution in [0.25, 0.3) is 0 Å². The highest BCUT2D eigenvalue weighted by atomic mass is 79.9.